The molecule has 2 N–H and O–H groups in total. The normalized spacial score (nSPS) is 25.8. The van der Waals surface area contributed by atoms with Crippen molar-refractivity contribution in [1.29, 1.82) is 0 Å². The Balaban J connectivity index is 2.26. The van der Waals surface area contributed by atoms with E-state index in [0.29, 0.717) is 12.8 Å². The topological polar surface area (TPSA) is 55.6 Å². The molecule has 1 unspecified atom stereocenters. The third-order valence-electron chi connectivity index (χ3n) is 4.35. The van der Waals surface area contributed by atoms with Crippen LogP contribution in [0.1, 0.15) is 51.6 Å². The highest BCUT2D eigenvalue weighted by Crippen LogP contribution is 2.34. The second-order valence-corrected chi connectivity index (χ2v) is 5.83. The lowest BCUT2D eigenvalue weighted by Gasteiger charge is -2.47. The van der Waals surface area contributed by atoms with Gasteiger partial charge in [-0.15, -0.1) is 0 Å². The minimum atomic E-state index is -0.959. The molecule has 0 bridgehead atoms. The fourth-order valence-electron chi connectivity index (χ4n) is 3.10. The maximum Gasteiger partial charge on any atom is 0.307 e. The minimum Gasteiger partial charge on any atom is -0.442 e. The summed E-state index contributed by atoms with van der Waals surface area (Å²) in [5.74, 6) is -0.247. The zero-order valence-corrected chi connectivity index (χ0v) is 13.7. The van der Waals surface area contributed by atoms with Crippen LogP contribution >= 0.6 is 0 Å². The van der Waals surface area contributed by atoms with Crippen molar-refractivity contribution in [3.63, 3.8) is 0 Å². The van der Waals surface area contributed by atoms with E-state index in [-0.39, 0.29) is 18.1 Å². The Labute approximate surface area is 132 Å². The van der Waals surface area contributed by atoms with Crippen LogP contribution in [0.3, 0.4) is 0 Å². The first-order valence-electron chi connectivity index (χ1n) is 8.01. The molecule has 0 fully saturated rings. The summed E-state index contributed by atoms with van der Waals surface area (Å²) in [6.07, 6.45) is 5.78. The molecule has 1 heterocycles. The first-order valence-corrected chi connectivity index (χ1v) is 8.01. The van der Waals surface area contributed by atoms with Gasteiger partial charge in [0.2, 0.25) is 0 Å². The monoisotopic (exact) mass is 302 g/mol. The fourth-order valence-corrected chi connectivity index (χ4v) is 3.10. The molecule has 4 nitrogen and oxygen atoms in total. The molecule has 0 aliphatic carbocycles. The molecule has 1 aromatic rings. The molecule has 120 valence electrons. The Morgan fingerprint density at radius 1 is 1.41 bits per heavy atom. The molecule has 0 saturated heterocycles. The maximum absolute atomic E-state index is 11.7. The number of nitrogens with zero attached hydrogens (tertiary/aromatic N) is 1. The molecule has 22 heavy (non-hydrogen) atoms. The van der Waals surface area contributed by atoms with Gasteiger partial charge in [0.15, 0.2) is 5.72 Å². The van der Waals surface area contributed by atoms with E-state index in [0.717, 1.165) is 6.42 Å². The largest absolute Gasteiger partial charge is 0.442 e. The first-order chi connectivity index (χ1) is 10.5. The lowest BCUT2D eigenvalue weighted by molar-refractivity contribution is -0.168. The van der Waals surface area contributed by atoms with Crippen LogP contribution in [-0.2, 0) is 9.53 Å². The van der Waals surface area contributed by atoms with E-state index in [1.807, 2.05) is 24.3 Å². The van der Waals surface area contributed by atoms with Gasteiger partial charge in [-0.3, -0.25) is 10.5 Å². The molecule has 0 aromatic heterocycles. The van der Waals surface area contributed by atoms with Crippen LogP contribution in [0.15, 0.2) is 42.6 Å². The van der Waals surface area contributed by atoms with Gasteiger partial charge in [0.05, 0.1) is 12.1 Å². The number of hydrogen-bond acceptors (Lipinski definition) is 4. The molecule has 0 radical (unpaired) electrons. The van der Waals surface area contributed by atoms with E-state index in [1.54, 1.807) is 6.92 Å². The number of carbonyl (C=O) groups is 1. The number of hydrogen-bond donors (Lipinski definition) is 1. The summed E-state index contributed by atoms with van der Waals surface area (Å²) in [5.41, 5.74) is 6.72. The van der Waals surface area contributed by atoms with E-state index in [9.17, 15) is 4.79 Å². The first kappa shape index (κ1) is 16.6. The Morgan fingerprint density at radius 3 is 2.68 bits per heavy atom. The van der Waals surface area contributed by atoms with Gasteiger partial charge in [0, 0.05) is 12.8 Å². The number of ether oxygens (including phenoxy) is 1. The number of carbonyl (C=O) groups excluding carboxylic acids is 1. The zero-order chi connectivity index (χ0) is 16.2. The second kappa shape index (κ2) is 6.97. The van der Waals surface area contributed by atoms with Crippen LogP contribution in [0.5, 0.6) is 0 Å². The second-order valence-electron chi connectivity index (χ2n) is 5.83. The molecule has 0 spiro atoms. The lowest BCUT2D eigenvalue weighted by atomic mass is 9.91. The van der Waals surface area contributed by atoms with Crippen LogP contribution in [-0.4, -0.2) is 22.6 Å². The van der Waals surface area contributed by atoms with Gasteiger partial charge < -0.3 is 9.64 Å². The standard InChI is InChI=1S/C18H26N2O2/c1-4-16-18(19,22-17(21)5-2)12-9-13-20(16)14(3)15-10-7-6-8-11-15/h6-11,13-14,16H,4-5,12,19H2,1-3H3/t14-,16+,18?/m0/s1. The van der Waals surface area contributed by atoms with Crippen molar-refractivity contribution in [2.75, 3.05) is 0 Å². The van der Waals surface area contributed by atoms with Crippen molar-refractivity contribution < 1.29 is 9.53 Å². The summed E-state index contributed by atoms with van der Waals surface area (Å²) in [4.78, 5) is 14.0. The van der Waals surface area contributed by atoms with Crippen molar-refractivity contribution in [2.24, 2.45) is 5.73 Å². The van der Waals surface area contributed by atoms with Crippen LogP contribution in [0, 0.1) is 0 Å². The summed E-state index contributed by atoms with van der Waals surface area (Å²) in [5, 5.41) is 0. The van der Waals surface area contributed by atoms with Gasteiger partial charge in [-0.05, 0) is 25.1 Å². The fraction of sp³-hybridized carbons (Fsp3) is 0.500. The number of rotatable bonds is 5. The summed E-state index contributed by atoms with van der Waals surface area (Å²) in [6, 6.07) is 10.4. The van der Waals surface area contributed by atoms with Crippen molar-refractivity contribution in [1.82, 2.24) is 4.90 Å². The van der Waals surface area contributed by atoms with Gasteiger partial charge in [-0.25, -0.2) is 0 Å². The highest BCUT2D eigenvalue weighted by atomic mass is 16.6. The summed E-state index contributed by atoms with van der Waals surface area (Å²) < 4.78 is 5.59. The van der Waals surface area contributed by atoms with Crippen LogP contribution < -0.4 is 5.73 Å². The van der Waals surface area contributed by atoms with Gasteiger partial charge in [-0.1, -0.05) is 50.3 Å². The number of nitrogens with two attached hydrogens (primary N) is 1. The molecule has 0 saturated carbocycles. The van der Waals surface area contributed by atoms with E-state index in [2.05, 4.69) is 37.1 Å². The Hall–Kier alpha value is -1.81. The number of benzene rings is 1. The Bertz CT molecular complexity index is 529. The zero-order valence-electron chi connectivity index (χ0n) is 13.7. The van der Waals surface area contributed by atoms with Crippen molar-refractivity contribution >= 4 is 5.97 Å². The van der Waals surface area contributed by atoms with E-state index < -0.39 is 5.72 Å². The molecule has 2 rings (SSSR count). The SMILES string of the molecule is CCC(=O)OC1(N)CC=CN([C@@H](C)c2ccccc2)[C@@H]1CC. The minimum absolute atomic E-state index is 0.0387. The quantitative estimate of drug-likeness (QED) is 0.669. The molecular weight excluding hydrogens is 276 g/mol. The van der Waals surface area contributed by atoms with Crippen molar-refractivity contribution in [2.45, 2.75) is 57.8 Å². The molecule has 1 aliphatic heterocycles. The average molecular weight is 302 g/mol. The highest BCUT2D eigenvalue weighted by Gasteiger charge is 2.43. The average Bonchev–Trinajstić information content (AvgIpc) is 2.54. The predicted molar refractivity (Wildman–Crippen MR) is 87.8 cm³/mol. The lowest BCUT2D eigenvalue weighted by Crippen LogP contribution is -2.61. The van der Waals surface area contributed by atoms with Crippen LogP contribution in [0.4, 0.5) is 0 Å². The third kappa shape index (κ3) is 3.33. The third-order valence-corrected chi connectivity index (χ3v) is 4.35. The Kier molecular flexibility index (Phi) is 5.24. The van der Waals surface area contributed by atoms with Gasteiger partial charge >= 0.3 is 5.97 Å². The van der Waals surface area contributed by atoms with Gasteiger partial charge in [-0.2, -0.15) is 0 Å². The molecule has 1 aliphatic rings. The van der Waals surface area contributed by atoms with Crippen molar-refractivity contribution in [3.05, 3.63) is 48.2 Å². The molecule has 3 atom stereocenters. The predicted octanol–water partition coefficient (Wildman–Crippen LogP) is 3.35. The van der Waals surface area contributed by atoms with E-state index >= 15 is 0 Å². The van der Waals surface area contributed by atoms with Gasteiger partial charge in [0.25, 0.3) is 0 Å². The molecular formula is C18H26N2O2. The summed E-state index contributed by atoms with van der Waals surface area (Å²) >= 11 is 0. The van der Waals surface area contributed by atoms with Crippen LogP contribution in [0.2, 0.25) is 0 Å². The van der Waals surface area contributed by atoms with Crippen molar-refractivity contribution in [3.8, 4) is 0 Å². The smallest absolute Gasteiger partial charge is 0.307 e. The number of esters is 1. The maximum atomic E-state index is 11.7. The molecule has 4 heteroatoms. The van der Waals surface area contributed by atoms with E-state index in [4.69, 9.17) is 10.5 Å². The summed E-state index contributed by atoms with van der Waals surface area (Å²) in [6.45, 7) is 6.02. The van der Waals surface area contributed by atoms with E-state index in [1.165, 1.54) is 5.56 Å². The highest BCUT2D eigenvalue weighted by molar-refractivity contribution is 5.69. The van der Waals surface area contributed by atoms with Gasteiger partial charge in [0.1, 0.15) is 0 Å². The Morgan fingerprint density at radius 2 is 2.09 bits per heavy atom. The van der Waals surface area contributed by atoms with Crippen LogP contribution in [0.25, 0.3) is 0 Å². The molecule has 0 amide bonds. The summed E-state index contributed by atoms with van der Waals surface area (Å²) in [7, 11) is 0. The molecule has 1 aromatic carbocycles.